The average Bonchev–Trinajstić information content (AvgIpc) is 2.46. The van der Waals surface area contributed by atoms with Crippen molar-refractivity contribution >= 4 is 23.6 Å². The van der Waals surface area contributed by atoms with Crippen LogP contribution in [-0.2, 0) is 4.79 Å². The van der Waals surface area contributed by atoms with Crippen LogP contribution in [0.2, 0.25) is 5.02 Å². The molecule has 0 unspecified atom stereocenters. The molecule has 110 valence electrons. The fourth-order valence-corrected chi connectivity index (χ4v) is 1.80. The highest BCUT2D eigenvalue weighted by Gasteiger charge is 2.25. The van der Waals surface area contributed by atoms with Crippen molar-refractivity contribution in [3.8, 4) is 0 Å². The molecular weight excluding hydrogens is 278 g/mol. The van der Waals surface area contributed by atoms with E-state index in [2.05, 4.69) is 0 Å². The molecule has 0 bridgehead atoms. The highest BCUT2D eigenvalue weighted by Crippen LogP contribution is 2.16. The highest BCUT2D eigenvalue weighted by molar-refractivity contribution is 6.30. The van der Waals surface area contributed by atoms with Gasteiger partial charge in [-0.25, -0.2) is 0 Å². The van der Waals surface area contributed by atoms with Crippen molar-refractivity contribution in [2.75, 3.05) is 26.8 Å². The number of rotatable bonds is 6. The molecule has 0 atom stereocenters. The molecule has 0 aliphatic rings. The van der Waals surface area contributed by atoms with Crippen molar-refractivity contribution < 1.29 is 15.0 Å². The summed E-state index contributed by atoms with van der Waals surface area (Å²) in [5, 5.41) is 19.1. The SMILES string of the molecule is CN(CC(C)(CO)CO)C(=O)/C=C/c1ccc(Cl)cc1. The van der Waals surface area contributed by atoms with Gasteiger partial charge in [0.15, 0.2) is 0 Å². The first-order valence-electron chi connectivity index (χ1n) is 6.31. The summed E-state index contributed by atoms with van der Waals surface area (Å²) in [6, 6.07) is 7.14. The van der Waals surface area contributed by atoms with Gasteiger partial charge in [0, 0.05) is 30.1 Å². The first-order chi connectivity index (χ1) is 9.40. The van der Waals surface area contributed by atoms with Crippen LogP contribution in [0.15, 0.2) is 30.3 Å². The Labute approximate surface area is 124 Å². The van der Waals surface area contributed by atoms with Crippen LogP contribution < -0.4 is 0 Å². The lowest BCUT2D eigenvalue weighted by atomic mass is 9.92. The minimum Gasteiger partial charge on any atom is -0.396 e. The van der Waals surface area contributed by atoms with Crippen molar-refractivity contribution in [3.05, 3.63) is 40.9 Å². The summed E-state index contributed by atoms with van der Waals surface area (Å²) in [5.41, 5.74) is 0.182. The van der Waals surface area contributed by atoms with E-state index in [0.717, 1.165) is 5.56 Å². The molecule has 1 aromatic carbocycles. The zero-order chi connectivity index (χ0) is 15.2. The second-order valence-electron chi connectivity index (χ2n) is 5.21. The van der Waals surface area contributed by atoms with Crippen LogP contribution in [0.25, 0.3) is 6.08 Å². The highest BCUT2D eigenvalue weighted by atomic mass is 35.5. The van der Waals surface area contributed by atoms with Gasteiger partial charge in [-0.3, -0.25) is 4.79 Å². The number of likely N-dealkylation sites (N-methyl/N-ethyl adjacent to an activating group) is 1. The van der Waals surface area contributed by atoms with Crippen LogP contribution in [0.4, 0.5) is 0 Å². The minimum absolute atomic E-state index is 0.179. The van der Waals surface area contributed by atoms with Gasteiger partial charge in [0.1, 0.15) is 0 Å². The van der Waals surface area contributed by atoms with E-state index in [1.807, 2.05) is 12.1 Å². The van der Waals surface area contributed by atoms with E-state index in [4.69, 9.17) is 11.6 Å². The molecule has 0 heterocycles. The number of carbonyl (C=O) groups is 1. The second-order valence-corrected chi connectivity index (χ2v) is 5.64. The van der Waals surface area contributed by atoms with Crippen molar-refractivity contribution in [1.29, 1.82) is 0 Å². The number of aliphatic hydroxyl groups is 2. The van der Waals surface area contributed by atoms with Gasteiger partial charge in [0.25, 0.3) is 0 Å². The average molecular weight is 298 g/mol. The second kappa shape index (κ2) is 7.43. The van der Waals surface area contributed by atoms with E-state index in [9.17, 15) is 15.0 Å². The molecule has 0 aliphatic heterocycles. The minimum atomic E-state index is -0.696. The molecule has 1 amide bonds. The van der Waals surface area contributed by atoms with Gasteiger partial charge in [-0.15, -0.1) is 0 Å². The number of aliphatic hydroxyl groups excluding tert-OH is 2. The summed E-state index contributed by atoms with van der Waals surface area (Å²) >= 11 is 5.78. The Morgan fingerprint density at radius 3 is 2.35 bits per heavy atom. The largest absolute Gasteiger partial charge is 0.396 e. The Balaban J connectivity index is 2.64. The molecule has 0 saturated carbocycles. The molecule has 0 saturated heterocycles. The van der Waals surface area contributed by atoms with Gasteiger partial charge in [-0.05, 0) is 23.8 Å². The standard InChI is InChI=1S/C15H20ClNO3/c1-15(10-18,11-19)9-17(2)14(20)8-5-12-3-6-13(16)7-4-12/h3-8,18-19H,9-11H2,1-2H3/b8-5+. The van der Waals surface area contributed by atoms with Crippen LogP contribution in [0.3, 0.4) is 0 Å². The number of halogens is 1. The van der Waals surface area contributed by atoms with Gasteiger partial charge >= 0.3 is 0 Å². The zero-order valence-electron chi connectivity index (χ0n) is 11.7. The van der Waals surface area contributed by atoms with Crippen LogP contribution in [0.5, 0.6) is 0 Å². The van der Waals surface area contributed by atoms with Gasteiger partial charge in [0.2, 0.25) is 5.91 Å². The molecule has 4 nitrogen and oxygen atoms in total. The van der Waals surface area contributed by atoms with Gasteiger partial charge in [0.05, 0.1) is 13.2 Å². The molecule has 1 aromatic rings. The van der Waals surface area contributed by atoms with Crippen molar-refractivity contribution in [2.24, 2.45) is 5.41 Å². The summed E-state index contributed by atoms with van der Waals surface area (Å²) in [6.45, 7) is 1.65. The van der Waals surface area contributed by atoms with Crippen LogP contribution in [0, 0.1) is 5.41 Å². The fraction of sp³-hybridized carbons (Fsp3) is 0.400. The van der Waals surface area contributed by atoms with Crippen LogP contribution >= 0.6 is 11.6 Å². The number of carbonyl (C=O) groups excluding carboxylic acids is 1. The van der Waals surface area contributed by atoms with Crippen LogP contribution in [0.1, 0.15) is 12.5 Å². The lowest BCUT2D eigenvalue weighted by molar-refractivity contribution is -0.126. The molecule has 0 aromatic heterocycles. The lowest BCUT2D eigenvalue weighted by Gasteiger charge is -2.29. The predicted molar refractivity (Wildman–Crippen MR) is 80.4 cm³/mol. The first kappa shape index (κ1) is 16.7. The third-order valence-electron chi connectivity index (χ3n) is 3.05. The van der Waals surface area contributed by atoms with Crippen LogP contribution in [-0.4, -0.2) is 47.8 Å². The van der Waals surface area contributed by atoms with E-state index in [0.29, 0.717) is 5.02 Å². The van der Waals surface area contributed by atoms with Gasteiger partial charge in [-0.2, -0.15) is 0 Å². The Kier molecular flexibility index (Phi) is 6.20. The Morgan fingerprint density at radius 2 is 1.85 bits per heavy atom. The molecule has 0 aliphatic carbocycles. The van der Waals surface area contributed by atoms with Gasteiger partial charge < -0.3 is 15.1 Å². The molecule has 2 N–H and O–H groups in total. The molecule has 0 radical (unpaired) electrons. The number of benzene rings is 1. The summed E-state index contributed by atoms with van der Waals surface area (Å²) < 4.78 is 0. The third kappa shape index (κ3) is 4.96. The third-order valence-corrected chi connectivity index (χ3v) is 3.30. The molecule has 1 rings (SSSR count). The number of hydrogen-bond donors (Lipinski definition) is 2. The Bertz CT molecular complexity index is 467. The quantitative estimate of drug-likeness (QED) is 0.787. The Morgan fingerprint density at radius 1 is 1.30 bits per heavy atom. The molecule has 5 heteroatoms. The van der Waals surface area contributed by atoms with E-state index < -0.39 is 5.41 Å². The lowest BCUT2D eigenvalue weighted by Crippen LogP contribution is -2.41. The van der Waals surface area contributed by atoms with E-state index in [-0.39, 0.29) is 25.7 Å². The predicted octanol–water partition coefficient (Wildman–Crippen LogP) is 1.80. The summed E-state index contributed by atoms with van der Waals surface area (Å²) in [4.78, 5) is 13.4. The molecular formula is C15H20ClNO3. The fourth-order valence-electron chi connectivity index (χ4n) is 1.67. The van der Waals surface area contributed by atoms with Crippen molar-refractivity contribution in [3.63, 3.8) is 0 Å². The molecule has 0 fully saturated rings. The van der Waals surface area contributed by atoms with E-state index >= 15 is 0 Å². The van der Waals surface area contributed by atoms with E-state index in [1.165, 1.54) is 11.0 Å². The first-order valence-corrected chi connectivity index (χ1v) is 6.68. The normalized spacial score (nSPS) is 11.8. The zero-order valence-corrected chi connectivity index (χ0v) is 12.5. The van der Waals surface area contributed by atoms with Crippen molar-refractivity contribution in [1.82, 2.24) is 4.90 Å². The number of nitrogens with zero attached hydrogens (tertiary/aromatic N) is 1. The van der Waals surface area contributed by atoms with Crippen molar-refractivity contribution in [2.45, 2.75) is 6.92 Å². The maximum Gasteiger partial charge on any atom is 0.246 e. The maximum absolute atomic E-state index is 11.9. The summed E-state index contributed by atoms with van der Waals surface area (Å²) in [6.07, 6.45) is 3.16. The molecule has 0 spiro atoms. The van der Waals surface area contributed by atoms with Gasteiger partial charge in [-0.1, -0.05) is 30.7 Å². The molecule has 20 heavy (non-hydrogen) atoms. The summed E-state index contributed by atoms with van der Waals surface area (Å²) in [7, 11) is 1.64. The maximum atomic E-state index is 11.9. The summed E-state index contributed by atoms with van der Waals surface area (Å²) in [5.74, 6) is -0.187. The number of hydrogen-bond acceptors (Lipinski definition) is 3. The smallest absolute Gasteiger partial charge is 0.246 e. The Hall–Kier alpha value is -1.36. The topological polar surface area (TPSA) is 60.8 Å². The monoisotopic (exact) mass is 297 g/mol. The number of amides is 1. The van der Waals surface area contributed by atoms with E-state index in [1.54, 1.807) is 32.2 Å².